The number of halogens is 1. The van der Waals surface area contributed by atoms with E-state index in [0.717, 1.165) is 17.7 Å². The lowest BCUT2D eigenvalue weighted by molar-refractivity contribution is -0.121. The molecule has 0 aliphatic heterocycles. The first-order chi connectivity index (χ1) is 15.1. The molecule has 0 atom stereocenters. The Labute approximate surface area is 177 Å². The molecule has 8 heteroatoms. The van der Waals surface area contributed by atoms with Gasteiger partial charge in [-0.15, -0.1) is 5.10 Å². The molecule has 0 fully saturated rings. The van der Waals surface area contributed by atoms with Gasteiger partial charge in [-0.05, 0) is 25.3 Å². The number of carbonyl (C=O) groups is 1. The summed E-state index contributed by atoms with van der Waals surface area (Å²) < 4.78 is 16.9. The number of nitrogens with zero attached hydrogens (tertiary/aromatic N) is 4. The number of carbonyl (C=O) groups excluding carboxylic acids is 1. The van der Waals surface area contributed by atoms with Crippen LogP contribution in [0.2, 0.25) is 0 Å². The molecule has 0 bridgehead atoms. The van der Waals surface area contributed by atoms with Crippen molar-refractivity contribution >= 4 is 11.7 Å². The monoisotopic (exact) mass is 417 g/mol. The predicted octanol–water partition coefficient (Wildman–Crippen LogP) is 2.50. The highest BCUT2D eigenvalue weighted by Gasteiger charge is 2.25. The maximum absolute atomic E-state index is 13.9. The van der Waals surface area contributed by atoms with Crippen LogP contribution in [-0.4, -0.2) is 25.1 Å². The highest BCUT2D eigenvalue weighted by atomic mass is 19.1. The zero-order chi connectivity index (χ0) is 21.4. The Morgan fingerprint density at radius 1 is 1.06 bits per heavy atom. The Kier molecular flexibility index (Phi) is 4.82. The molecule has 0 radical (unpaired) electrons. The van der Waals surface area contributed by atoms with E-state index in [9.17, 15) is 14.0 Å². The Morgan fingerprint density at radius 2 is 1.84 bits per heavy atom. The molecule has 0 saturated heterocycles. The minimum atomic E-state index is -0.362. The summed E-state index contributed by atoms with van der Waals surface area (Å²) in [6.07, 6.45) is 2.21. The third-order valence-electron chi connectivity index (χ3n) is 5.56. The zero-order valence-corrected chi connectivity index (χ0v) is 16.7. The Balaban J connectivity index is 1.51. The van der Waals surface area contributed by atoms with Crippen molar-refractivity contribution in [2.75, 3.05) is 0 Å². The number of amides is 1. The van der Waals surface area contributed by atoms with Crippen molar-refractivity contribution in [3.05, 3.63) is 87.6 Å². The zero-order valence-electron chi connectivity index (χ0n) is 16.7. The normalized spacial score (nSPS) is 12.8. The van der Waals surface area contributed by atoms with Gasteiger partial charge in [-0.3, -0.25) is 9.59 Å². The van der Waals surface area contributed by atoms with Gasteiger partial charge in [-0.25, -0.2) is 4.39 Å². The van der Waals surface area contributed by atoms with Crippen molar-refractivity contribution < 1.29 is 9.18 Å². The number of hydrogen-bond donors (Lipinski definition) is 1. The van der Waals surface area contributed by atoms with E-state index < -0.39 is 0 Å². The lowest BCUT2D eigenvalue weighted by atomic mass is 10.2. The van der Waals surface area contributed by atoms with Crippen LogP contribution in [0.4, 0.5) is 4.39 Å². The molecule has 156 valence electrons. The first-order valence-corrected chi connectivity index (χ1v) is 10.2. The van der Waals surface area contributed by atoms with Crippen molar-refractivity contribution in [3.8, 4) is 11.4 Å². The standard InChI is InChI=1S/C23H20FN5O2/c24-18-11-5-4-9-16(18)13-25-20(30)14-28-19-12-6-10-17(19)22(31)29-23(28)26-21(27-29)15-7-2-1-3-8-15/h1-5,7-9,11H,6,10,12-14H2,(H,25,30). The van der Waals surface area contributed by atoms with Crippen LogP contribution >= 0.6 is 0 Å². The molecule has 7 nitrogen and oxygen atoms in total. The summed E-state index contributed by atoms with van der Waals surface area (Å²) >= 11 is 0. The Hall–Kier alpha value is -3.81. The quantitative estimate of drug-likeness (QED) is 0.541. The summed E-state index contributed by atoms with van der Waals surface area (Å²) in [5.74, 6) is 0.124. The highest BCUT2D eigenvalue weighted by molar-refractivity contribution is 5.76. The van der Waals surface area contributed by atoms with E-state index in [2.05, 4.69) is 15.4 Å². The first kappa shape index (κ1) is 19.2. The number of fused-ring (bicyclic) bond motifs is 2. The number of benzene rings is 2. The lowest BCUT2D eigenvalue weighted by Crippen LogP contribution is -2.31. The van der Waals surface area contributed by atoms with Gasteiger partial charge in [0.2, 0.25) is 11.7 Å². The summed E-state index contributed by atoms with van der Waals surface area (Å²) in [4.78, 5) is 30.2. The second kappa shape index (κ2) is 7.79. The molecule has 2 aromatic carbocycles. The predicted molar refractivity (Wildman–Crippen MR) is 113 cm³/mol. The van der Waals surface area contributed by atoms with Gasteiger partial charge in [-0.2, -0.15) is 9.50 Å². The summed E-state index contributed by atoms with van der Waals surface area (Å²) in [6.45, 7) is 0.0691. The van der Waals surface area contributed by atoms with Crippen LogP contribution < -0.4 is 10.9 Å². The molecule has 1 aliphatic carbocycles. The van der Waals surface area contributed by atoms with Gasteiger partial charge in [-0.1, -0.05) is 48.5 Å². The van der Waals surface area contributed by atoms with Gasteiger partial charge in [0.1, 0.15) is 12.4 Å². The van der Waals surface area contributed by atoms with Gasteiger partial charge < -0.3 is 9.88 Å². The van der Waals surface area contributed by atoms with Crippen LogP contribution in [0.1, 0.15) is 23.2 Å². The van der Waals surface area contributed by atoms with Crippen molar-refractivity contribution in [2.24, 2.45) is 0 Å². The minimum absolute atomic E-state index is 0.0203. The van der Waals surface area contributed by atoms with E-state index in [4.69, 9.17) is 0 Å². The number of rotatable bonds is 5. The maximum atomic E-state index is 13.9. The molecule has 1 aliphatic rings. The number of aromatic nitrogens is 4. The van der Waals surface area contributed by atoms with Crippen LogP contribution in [0.3, 0.4) is 0 Å². The molecule has 31 heavy (non-hydrogen) atoms. The molecular formula is C23H20FN5O2. The topological polar surface area (TPSA) is 81.3 Å². The van der Waals surface area contributed by atoms with Crippen molar-refractivity contribution in [1.29, 1.82) is 0 Å². The number of nitrogens with one attached hydrogen (secondary N) is 1. The van der Waals surface area contributed by atoms with E-state index in [1.807, 2.05) is 30.3 Å². The summed E-state index contributed by atoms with van der Waals surface area (Å²) in [6, 6.07) is 15.7. The van der Waals surface area contributed by atoms with Crippen LogP contribution in [-0.2, 0) is 30.7 Å². The minimum Gasteiger partial charge on any atom is -0.350 e. The van der Waals surface area contributed by atoms with E-state index in [0.29, 0.717) is 35.6 Å². The fourth-order valence-electron chi connectivity index (χ4n) is 4.03. The molecule has 1 N–H and O–H groups in total. The third kappa shape index (κ3) is 3.50. The van der Waals surface area contributed by atoms with Crippen LogP contribution in [0, 0.1) is 5.82 Å². The molecule has 2 aromatic heterocycles. The van der Waals surface area contributed by atoms with Gasteiger partial charge in [0.05, 0.1) is 0 Å². The fourth-order valence-corrected chi connectivity index (χ4v) is 4.03. The molecule has 4 aromatic rings. The Bertz CT molecular complexity index is 1340. The summed E-state index contributed by atoms with van der Waals surface area (Å²) in [7, 11) is 0. The average molecular weight is 417 g/mol. The van der Waals surface area contributed by atoms with E-state index in [1.165, 1.54) is 10.6 Å². The Morgan fingerprint density at radius 3 is 2.65 bits per heavy atom. The van der Waals surface area contributed by atoms with E-state index in [1.54, 1.807) is 22.8 Å². The molecule has 0 unspecified atom stereocenters. The van der Waals surface area contributed by atoms with Crippen LogP contribution in [0.15, 0.2) is 59.4 Å². The SMILES string of the molecule is O=C(Cn1c2c(c(=O)n3nc(-c4ccccc4)nc13)CCC2)NCc1ccccc1F. The van der Waals surface area contributed by atoms with E-state index in [-0.39, 0.29) is 30.4 Å². The molecule has 2 heterocycles. The van der Waals surface area contributed by atoms with Crippen molar-refractivity contribution in [2.45, 2.75) is 32.4 Å². The second-order valence-electron chi connectivity index (χ2n) is 7.55. The van der Waals surface area contributed by atoms with E-state index >= 15 is 0 Å². The largest absolute Gasteiger partial charge is 0.350 e. The van der Waals surface area contributed by atoms with Gasteiger partial charge in [0, 0.05) is 28.9 Å². The third-order valence-corrected chi connectivity index (χ3v) is 5.56. The smallest absolute Gasteiger partial charge is 0.279 e. The van der Waals surface area contributed by atoms with Crippen molar-refractivity contribution in [3.63, 3.8) is 0 Å². The van der Waals surface area contributed by atoms with Crippen molar-refractivity contribution in [1.82, 2.24) is 24.5 Å². The number of hydrogen-bond acceptors (Lipinski definition) is 4. The molecule has 1 amide bonds. The molecule has 5 rings (SSSR count). The summed E-state index contributed by atoms with van der Waals surface area (Å²) in [5.41, 5.74) is 2.53. The van der Waals surface area contributed by atoms with Gasteiger partial charge in [0.25, 0.3) is 5.56 Å². The van der Waals surface area contributed by atoms with Gasteiger partial charge in [0.15, 0.2) is 5.82 Å². The molecule has 0 saturated carbocycles. The first-order valence-electron chi connectivity index (χ1n) is 10.2. The summed E-state index contributed by atoms with van der Waals surface area (Å²) in [5, 5.41) is 7.19. The fraction of sp³-hybridized carbons (Fsp3) is 0.217. The van der Waals surface area contributed by atoms with Crippen LogP contribution in [0.25, 0.3) is 17.2 Å². The molecular weight excluding hydrogens is 397 g/mol. The average Bonchev–Trinajstić information content (AvgIpc) is 3.45. The van der Waals surface area contributed by atoms with Crippen LogP contribution in [0.5, 0.6) is 0 Å². The van der Waals surface area contributed by atoms with Gasteiger partial charge >= 0.3 is 0 Å². The lowest BCUT2D eigenvalue weighted by Gasteiger charge is -2.14. The molecule has 0 spiro atoms. The second-order valence-corrected chi connectivity index (χ2v) is 7.55. The maximum Gasteiger partial charge on any atom is 0.279 e. The highest BCUT2D eigenvalue weighted by Crippen LogP contribution is 2.22.